The number of ether oxygens (including phenoxy) is 6. The average Bonchev–Trinajstić information content (AvgIpc) is 3.03. The van der Waals surface area contributed by atoms with Gasteiger partial charge in [0.1, 0.15) is 24.4 Å². The quantitative estimate of drug-likeness (QED) is 0.280. The highest BCUT2D eigenvalue weighted by molar-refractivity contribution is 5.26. The lowest BCUT2D eigenvalue weighted by Gasteiger charge is -2.58. The largest absolute Gasteiger partial charge is 0.374 e. The Bertz CT molecular complexity index is 1340. The maximum absolute atomic E-state index is 7.24. The Morgan fingerprint density at radius 2 is 1.18 bits per heavy atom. The molecule has 9 rings (SSSR count). The summed E-state index contributed by atoms with van der Waals surface area (Å²) in [5.74, 6) is 2.30. The van der Waals surface area contributed by atoms with Crippen LogP contribution in [0.1, 0.15) is 60.8 Å². The van der Waals surface area contributed by atoms with Crippen molar-refractivity contribution in [3.63, 3.8) is 0 Å². The molecule has 0 radical (unpaired) electrons. The van der Waals surface area contributed by atoms with Gasteiger partial charge < -0.3 is 28.4 Å². The summed E-state index contributed by atoms with van der Waals surface area (Å²) in [7, 11) is 0. The molecular formula is C38H44O6. The SMILES string of the molecule is c1ccc(CO[C@H]2[C@H](OC34CC5CC(CC(C5)C3)C4)O[C@@H]3COCc4ccccc4CO[C@H]2[C@@H]3OCc2ccccc2)cc1. The first-order valence-corrected chi connectivity index (χ1v) is 16.6. The summed E-state index contributed by atoms with van der Waals surface area (Å²) in [6, 6.07) is 29.0. The van der Waals surface area contributed by atoms with E-state index in [2.05, 4.69) is 60.7 Å². The van der Waals surface area contributed by atoms with Gasteiger partial charge in [-0.05, 0) is 78.5 Å². The molecule has 2 aliphatic heterocycles. The van der Waals surface area contributed by atoms with E-state index in [1.54, 1.807) is 0 Å². The predicted molar refractivity (Wildman–Crippen MR) is 165 cm³/mol. The fourth-order valence-corrected chi connectivity index (χ4v) is 8.94. The Hall–Kier alpha value is -2.58. The van der Waals surface area contributed by atoms with Gasteiger partial charge in [-0.2, -0.15) is 0 Å². The Balaban J connectivity index is 1.12. The number of fused-ring (bicyclic) bond motifs is 3. The Kier molecular flexibility index (Phi) is 8.31. The summed E-state index contributed by atoms with van der Waals surface area (Å²) in [5, 5.41) is 0. The van der Waals surface area contributed by atoms with Crippen molar-refractivity contribution in [3.8, 4) is 0 Å². The Morgan fingerprint density at radius 3 is 1.80 bits per heavy atom. The van der Waals surface area contributed by atoms with Crippen LogP contribution in [0.4, 0.5) is 0 Å². The fraction of sp³-hybridized carbons (Fsp3) is 0.526. The van der Waals surface area contributed by atoms with Crippen LogP contribution in [0.3, 0.4) is 0 Å². The third kappa shape index (κ3) is 6.13. The van der Waals surface area contributed by atoms with Crippen molar-refractivity contribution in [2.24, 2.45) is 17.8 Å². The van der Waals surface area contributed by atoms with Gasteiger partial charge in [-0.1, -0.05) is 84.9 Å². The van der Waals surface area contributed by atoms with Gasteiger partial charge in [-0.3, -0.25) is 0 Å². The van der Waals surface area contributed by atoms with Crippen molar-refractivity contribution in [1.29, 1.82) is 0 Å². The zero-order valence-corrected chi connectivity index (χ0v) is 25.4. The molecule has 0 spiro atoms. The molecule has 6 nitrogen and oxygen atoms in total. The standard InChI is InChI=1S/C38H44O6/c1-3-9-26(10-4-1)21-40-34-33-25-39-23-31-13-7-8-14-32(31)24-42-35(34)36(41-22-27-11-5-2-6-12-27)37(43-33)44-38-18-28-15-29(19-38)17-30(16-28)20-38/h1-14,28-30,33-37H,15-25H2/t28?,29?,30?,33-,34-,35+,36-,37+,38?/m1/s1. The summed E-state index contributed by atoms with van der Waals surface area (Å²) in [5.41, 5.74) is 4.33. The van der Waals surface area contributed by atoms with Crippen molar-refractivity contribution in [2.45, 2.75) is 101 Å². The van der Waals surface area contributed by atoms with Gasteiger partial charge in [0.05, 0.1) is 38.6 Å². The molecule has 4 aliphatic carbocycles. The van der Waals surface area contributed by atoms with E-state index >= 15 is 0 Å². The maximum atomic E-state index is 7.24. The predicted octanol–water partition coefficient (Wildman–Crippen LogP) is 6.98. The molecule has 1 saturated heterocycles. The first kappa shape index (κ1) is 28.9. The van der Waals surface area contributed by atoms with E-state index in [-0.39, 0.29) is 11.7 Å². The van der Waals surface area contributed by atoms with Crippen LogP contribution in [-0.2, 0) is 54.8 Å². The minimum atomic E-state index is -0.570. The van der Waals surface area contributed by atoms with Gasteiger partial charge in [0.25, 0.3) is 0 Å². The van der Waals surface area contributed by atoms with Crippen molar-refractivity contribution < 1.29 is 28.4 Å². The molecule has 0 unspecified atom stereocenters. The van der Waals surface area contributed by atoms with Crippen molar-refractivity contribution in [2.75, 3.05) is 6.61 Å². The highest BCUT2D eigenvalue weighted by atomic mass is 16.7. The number of hydrogen-bond acceptors (Lipinski definition) is 6. The molecule has 0 aromatic heterocycles. The monoisotopic (exact) mass is 596 g/mol. The first-order valence-electron chi connectivity index (χ1n) is 16.6. The average molecular weight is 597 g/mol. The second-order valence-corrected chi connectivity index (χ2v) is 13.8. The number of rotatable bonds is 8. The maximum Gasteiger partial charge on any atom is 0.187 e. The highest BCUT2D eigenvalue weighted by Gasteiger charge is 2.56. The highest BCUT2D eigenvalue weighted by Crippen LogP contribution is 2.58. The third-order valence-corrected chi connectivity index (χ3v) is 10.6. The van der Waals surface area contributed by atoms with Gasteiger partial charge in [0, 0.05) is 0 Å². The van der Waals surface area contributed by atoms with E-state index < -0.39 is 24.6 Å². The van der Waals surface area contributed by atoms with Crippen LogP contribution in [-0.4, -0.2) is 42.9 Å². The van der Waals surface area contributed by atoms with E-state index in [0.29, 0.717) is 33.0 Å². The topological polar surface area (TPSA) is 55.4 Å². The van der Waals surface area contributed by atoms with E-state index in [1.165, 1.54) is 19.3 Å². The molecule has 44 heavy (non-hydrogen) atoms. The molecule has 3 aromatic rings. The van der Waals surface area contributed by atoms with Crippen LogP contribution >= 0.6 is 0 Å². The molecule has 5 fully saturated rings. The van der Waals surface area contributed by atoms with Crippen molar-refractivity contribution >= 4 is 0 Å². The Labute approximate surface area is 260 Å². The molecule has 6 aliphatic rings. The fourth-order valence-electron chi connectivity index (χ4n) is 8.94. The summed E-state index contributed by atoms with van der Waals surface area (Å²) in [6.45, 7) is 2.23. The lowest BCUT2D eigenvalue weighted by atomic mass is 9.54. The number of hydrogen-bond donors (Lipinski definition) is 0. The van der Waals surface area contributed by atoms with Gasteiger partial charge >= 0.3 is 0 Å². The van der Waals surface area contributed by atoms with Gasteiger partial charge in [-0.25, -0.2) is 0 Å². The molecule has 0 N–H and O–H groups in total. The molecule has 5 atom stereocenters. The van der Waals surface area contributed by atoms with Crippen molar-refractivity contribution in [1.82, 2.24) is 0 Å². The zero-order chi connectivity index (χ0) is 29.3. The normalized spacial score (nSPS) is 36.1. The van der Waals surface area contributed by atoms with E-state index in [9.17, 15) is 0 Å². The smallest absolute Gasteiger partial charge is 0.187 e. The van der Waals surface area contributed by atoms with Crippen LogP contribution in [0.15, 0.2) is 84.9 Å². The van der Waals surface area contributed by atoms with Crippen molar-refractivity contribution in [3.05, 3.63) is 107 Å². The summed E-state index contributed by atoms with van der Waals surface area (Å²) in [6.07, 6.45) is 5.26. The van der Waals surface area contributed by atoms with E-state index in [1.807, 2.05) is 24.3 Å². The molecule has 232 valence electrons. The Morgan fingerprint density at radius 1 is 0.636 bits per heavy atom. The minimum absolute atomic E-state index is 0.148. The molecule has 3 aromatic carbocycles. The zero-order valence-electron chi connectivity index (χ0n) is 25.4. The van der Waals surface area contributed by atoms with E-state index in [0.717, 1.165) is 59.3 Å². The summed E-state index contributed by atoms with van der Waals surface area (Å²) in [4.78, 5) is 0. The van der Waals surface area contributed by atoms with Gasteiger partial charge in [0.2, 0.25) is 0 Å². The summed E-state index contributed by atoms with van der Waals surface area (Å²) < 4.78 is 41.0. The summed E-state index contributed by atoms with van der Waals surface area (Å²) >= 11 is 0. The molecule has 2 heterocycles. The molecule has 6 bridgehead atoms. The first-order chi connectivity index (χ1) is 21.7. The molecular weight excluding hydrogens is 552 g/mol. The van der Waals surface area contributed by atoms with Crippen LogP contribution in [0.5, 0.6) is 0 Å². The third-order valence-electron chi connectivity index (χ3n) is 10.6. The van der Waals surface area contributed by atoms with Gasteiger partial charge in [-0.15, -0.1) is 0 Å². The lowest BCUT2D eigenvalue weighted by Crippen LogP contribution is -2.64. The van der Waals surface area contributed by atoms with Gasteiger partial charge in [0.15, 0.2) is 6.29 Å². The second-order valence-electron chi connectivity index (χ2n) is 13.8. The second kappa shape index (κ2) is 12.7. The van der Waals surface area contributed by atoms with Crippen LogP contribution in [0.25, 0.3) is 0 Å². The lowest BCUT2D eigenvalue weighted by molar-refractivity contribution is -0.360. The molecule has 4 saturated carbocycles. The molecule has 0 amide bonds. The van der Waals surface area contributed by atoms with Crippen LogP contribution < -0.4 is 0 Å². The molecule has 6 heteroatoms. The van der Waals surface area contributed by atoms with E-state index in [4.69, 9.17) is 28.4 Å². The minimum Gasteiger partial charge on any atom is -0.374 e. The van der Waals surface area contributed by atoms with Crippen LogP contribution in [0, 0.1) is 17.8 Å². The number of benzene rings is 3. The van der Waals surface area contributed by atoms with Crippen LogP contribution in [0.2, 0.25) is 0 Å².